The summed E-state index contributed by atoms with van der Waals surface area (Å²) in [7, 11) is 0. The van der Waals surface area contributed by atoms with Gasteiger partial charge in [0, 0.05) is 38.3 Å². The zero-order valence-corrected chi connectivity index (χ0v) is 18.7. The number of carbonyl (C=O) groups is 2. The van der Waals surface area contributed by atoms with E-state index in [9.17, 15) is 27.2 Å². The van der Waals surface area contributed by atoms with Crippen molar-refractivity contribution in [3.8, 4) is 0 Å². The summed E-state index contributed by atoms with van der Waals surface area (Å²) in [5, 5.41) is 2.62. The van der Waals surface area contributed by atoms with Crippen molar-refractivity contribution in [2.45, 2.75) is 32.5 Å². The lowest BCUT2D eigenvalue weighted by Crippen LogP contribution is -2.37. The first-order valence-electron chi connectivity index (χ1n) is 10.9. The molecule has 1 aromatic carbocycles. The maximum atomic E-state index is 14.6. The highest BCUT2D eigenvalue weighted by atomic mass is 19.4. The fourth-order valence-corrected chi connectivity index (χ4v) is 4.27. The maximum Gasteiger partial charge on any atom is 0.419 e. The van der Waals surface area contributed by atoms with Crippen LogP contribution in [-0.4, -0.2) is 53.6 Å². The SMILES string of the molecule is CC(=O)N1CC=C(C2=CN3CCN=C3C(C(=O)N[C@H](C)c3cccc(C(F)(F)F)c3F)=C2)CC1. The molecule has 0 unspecified atom stereocenters. The molecule has 0 spiro atoms. The molecule has 3 aliphatic heterocycles. The predicted molar refractivity (Wildman–Crippen MR) is 118 cm³/mol. The molecule has 3 heterocycles. The number of halogens is 4. The molecule has 1 N–H and O–H groups in total. The van der Waals surface area contributed by atoms with Gasteiger partial charge in [0.1, 0.15) is 11.7 Å². The van der Waals surface area contributed by atoms with Gasteiger partial charge in [0.05, 0.1) is 23.7 Å². The third-order valence-electron chi connectivity index (χ3n) is 6.13. The van der Waals surface area contributed by atoms with Crippen LogP contribution in [0.3, 0.4) is 0 Å². The van der Waals surface area contributed by atoms with E-state index in [1.807, 2.05) is 17.2 Å². The van der Waals surface area contributed by atoms with Gasteiger partial charge in [0.25, 0.3) is 5.91 Å². The van der Waals surface area contributed by atoms with E-state index in [4.69, 9.17) is 0 Å². The van der Waals surface area contributed by atoms with E-state index in [0.717, 1.165) is 17.2 Å². The summed E-state index contributed by atoms with van der Waals surface area (Å²) < 4.78 is 53.8. The molecule has 0 saturated heterocycles. The van der Waals surface area contributed by atoms with E-state index in [0.29, 0.717) is 44.5 Å². The number of amides is 2. The fraction of sp³-hybridized carbons (Fsp3) is 0.375. The van der Waals surface area contributed by atoms with E-state index in [1.165, 1.54) is 19.9 Å². The van der Waals surface area contributed by atoms with Crippen LogP contribution in [0.4, 0.5) is 17.6 Å². The lowest BCUT2D eigenvalue weighted by Gasteiger charge is -2.29. The van der Waals surface area contributed by atoms with Crippen LogP contribution in [-0.2, 0) is 15.8 Å². The molecular formula is C24H24F4N4O2. The van der Waals surface area contributed by atoms with Crippen molar-refractivity contribution in [3.63, 3.8) is 0 Å². The Morgan fingerprint density at radius 1 is 1.21 bits per heavy atom. The highest BCUT2D eigenvalue weighted by molar-refractivity contribution is 6.22. The normalized spacial score (nSPS) is 19.0. The van der Waals surface area contributed by atoms with Crippen LogP contribution in [0.15, 0.2) is 58.3 Å². The highest BCUT2D eigenvalue weighted by Crippen LogP contribution is 2.34. The molecule has 0 fully saturated rings. The zero-order chi connectivity index (χ0) is 24.6. The number of fused-ring (bicyclic) bond motifs is 1. The molecular weight excluding hydrogens is 452 g/mol. The van der Waals surface area contributed by atoms with Crippen LogP contribution in [0.5, 0.6) is 0 Å². The van der Waals surface area contributed by atoms with Crippen LogP contribution in [0.1, 0.15) is 37.4 Å². The van der Waals surface area contributed by atoms with Crippen LogP contribution in [0, 0.1) is 5.82 Å². The van der Waals surface area contributed by atoms with Crippen molar-refractivity contribution >= 4 is 17.6 Å². The zero-order valence-electron chi connectivity index (χ0n) is 18.7. The number of allylic oxidation sites excluding steroid dienone is 2. The van der Waals surface area contributed by atoms with Crippen molar-refractivity contribution in [2.75, 3.05) is 26.2 Å². The number of benzene rings is 1. The van der Waals surface area contributed by atoms with E-state index in [-0.39, 0.29) is 17.0 Å². The van der Waals surface area contributed by atoms with Crippen LogP contribution in [0.25, 0.3) is 0 Å². The average molecular weight is 476 g/mol. The summed E-state index contributed by atoms with van der Waals surface area (Å²) in [5.74, 6) is -1.49. The van der Waals surface area contributed by atoms with Gasteiger partial charge in [-0.1, -0.05) is 18.2 Å². The molecule has 180 valence electrons. The number of amidine groups is 1. The number of alkyl halides is 3. The minimum absolute atomic E-state index is 0.00620. The quantitative estimate of drug-likeness (QED) is 0.674. The molecule has 3 aliphatic rings. The predicted octanol–water partition coefficient (Wildman–Crippen LogP) is 3.74. The Bertz CT molecular complexity index is 1150. The van der Waals surface area contributed by atoms with Gasteiger partial charge in [-0.15, -0.1) is 0 Å². The number of hydrogen-bond donors (Lipinski definition) is 1. The maximum absolute atomic E-state index is 14.6. The Kier molecular flexibility index (Phi) is 6.33. The molecule has 2 amide bonds. The van der Waals surface area contributed by atoms with Gasteiger partial charge in [0.2, 0.25) is 5.91 Å². The topological polar surface area (TPSA) is 65.0 Å². The molecule has 34 heavy (non-hydrogen) atoms. The summed E-state index contributed by atoms with van der Waals surface area (Å²) in [6.07, 6.45) is 1.35. The van der Waals surface area contributed by atoms with Crippen LogP contribution >= 0.6 is 0 Å². The Morgan fingerprint density at radius 3 is 2.62 bits per heavy atom. The first kappa shape index (κ1) is 23.7. The Morgan fingerprint density at radius 2 is 1.97 bits per heavy atom. The van der Waals surface area contributed by atoms with Crippen molar-refractivity contribution < 1.29 is 27.2 Å². The van der Waals surface area contributed by atoms with Gasteiger partial charge >= 0.3 is 6.18 Å². The van der Waals surface area contributed by atoms with Gasteiger partial charge in [-0.25, -0.2) is 4.39 Å². The molecule has 6 nitrogen and oxygen atoms in total. The molecule has 0 saturated carbocycles. The molecule has 1 aromatic rings. The molecule has 0 aliphatic carbocycles. The van der Waals surface area contributed by atoms with Crippen LogP contribution < -0.4 is 5.32 Å². The summed E-state index contributed by atoms with van der Waals surface area (Å²) in [6, 6.07) is 2.01. The van der Waals surface area contributed by atoms with Crippen molar-refractivity contribution in [1.82, 2.24) is 15.1 Å². The summed E-state index contributed by atoms with van der Waals surface area (Å²) >= 11 is 0. The Balaban J connectivity index is 1.58. The second-order valence-corrected chi connectivity index (χ2v) is 8.39. The summed E-state index contributed by atoms with van der Waals surface area (Å²) in [6.45, 7) is 5.09. The molecule has 4 rings (SSSR count). The number of nitrogens with zero attached hydrogens (tertiary/aromatic N) is 3. The summed E-state index contributed by atoms with van der Waals surface area (Å²) in [4.78, 5) is 32.7. The fourth-order valence-electron chi connectivity index (χ4n) is 4.27. The van der Waals surface area contributed by atoms with Crippen molar-refractivity contribution in [1.29, 1.82) is 0 Å². The first-order valence-corrected chi connectivity index (χ1v) is 10.9. The van der Waals surface area contributed by atoms with E-state index < -0.39 is 29.5 Å². The Hall–Kier alpha value is -3.43. The van der Waals surface area contributed by atoms with Crippen LogP contribution in [0.2, 0.25) is 0 Å². The second-order valence-electron chi connectivity index (χ2n) is 8.39. The van der Waals surface area contributed by atoms with Gasteiger partial charge in [-0.2, -0.15) is 13.2 Å². The summed E-state index contributed by atoms with van der Waals surface area (Å²) in [5.41, 5.74) is 0.449. The largest absolute Gasteiger partial charge is 0.419 e. The third kappa shape index (κ3) is 4.62. The standard InChI is InChI=1S/C24H24F4N4O2/c1-14(18-4-3-5-20(21(18)25)24(26,27)28)30-23(34)19-12-17(13-32-11-8-29-22(19)32)16-6-9-31(10-7-16)15(2)33/h3-6,12-14H,7-11H2,1-2H3,(H,30,34)/t14-/m1/s1. The number of carbonyl (C=O) groups excluding carboxylic acids is 2. The minimum Gasteiger partial charge on any atom is -0.345 e. The third-order valence-corrected chi connectivity index (χ3v) is 6.13. The number of nitrogens with one attached hydrogen (secondary N) is 1. The van der Waals surface area contributed by atoms with Gasteiger partial charge < -0.3 is 15.1 Å². The molecule has 0 aromatic heterocycles. The van der Waals surface area contributed by atoms with Gasteiger partial charge in [-0.3, -0.25) is 14.6 Å². The van der Waals surface area contributed by atoms with Crippen molar-refractivity contribution in [2.24, 2.45) is 4.99 Å². The lowest BCUT2D eigenvalue weighted by atomic mass is 9.94. The molecule has 0 radical (unpaired) electrons. The average Bonchev–Trinajstić information content (AvgIpc) is 3.26. The number of rotatable bonds is 4. The van der Waals surface area contributed by atoms with E-state index in [2.05, 4.69) is 10.3 Å². The Labute approximate surface area is 194 Å². The number of hydrogen-bond acceptors (Lipinski definition) is 4. The molecule has 0 bridgehead atoms. The number of aliphatic imine (C=N–C) groups is 1. The molecule has 10 heteroatoms. The first-order chi connectivity index (χ1) is 16.1. The minimum atomic E-state index is -4.83. The van der Waals surface area contributed by atoms with Crippen molar-refractivity contribution in [3.05, 3.63) is 70.2 Å². The van der Waals surface area contributed by atoms with E-state index >= 15 is 0 Å². The molecule has 1 atom stereocenters. The smallest absolute Gasteiger partial charge is 0.345 e. The van der Waals surface area contributed by atoms with Gasteiger partial charge in [-0.05, 0) is 36.6 Å². The second kappa shape index (κ2) is 9.08. The lowest BCUT2D eigenvalue weighted by molar-refractivity contribution is -0.140. The van der Waals surface area contributed by atoms with Gasteiger partial charge in [0.15, 0.2) is 0 Å². The monoisotopic (exact) mass is 476 g/mol. The van der Waals surface area contributed by atoms with E-state index in [1.54, 1.807) is 11.0 Å². The highest BCUT2D eigenvalue weighted by Gasteiger charge is 2.36.